The lowest BCUT2D eigenvalue weighted by Gasteiger charge is -2.34. The maximum Gasteiger partial charge on any atom is 0.219 e. The highest BCUT2D eigenvalue weighted by atomic mass is 16.2. The van der Waals surface area contributed by atoms with Crippen molar-refractivity contribution in [3.63, 3.8) is 0 Å². The summed E-state index contributed by atoms with van der Waals surface area (Å²) in [5.74, 6) is 0.996. The van der Waals surface area contributed by atoms with Crippen molar-refractivity contribution in [1.29, 1.82) is 0 Å². The van der Waals surface area contributed by atoms with Gasteiger partial charge in [0.15, 0.2) is 0 Å². The Balaban J connectivity index is 0.00000172. The zero-order chi connectivity index (χ0) is 15.5. The van der Waals surface area contributed by atoms with Crippen molar-refractivity contribution in [2.75, 3.05) is 53.4 Å². The lowest BCUT2D eigenvalue weighted by Crippen LogP contribution is -2.41. The van der Waals surface area contributed by atoms with Gasteiger partial charge in [-0.05, 0) is 39.4 Å². The van der Waals surface area contributed by atoms with Crippen LogP contribution in [0.25, 0.3) is 0 Å². The highest BCUT2D eigenvalue weighted by molar-refractivity contribution is 5.73. The molecule has 0 radical (unpaired) electrons. The van der Waals surface area contributed by atoms with E-state index >= 15 is 0 Å². The molecule has 1 aliphatic rings. The fraction of sp³-hybridized carbons (Fsp3) is 0.938. The Labute approximate surface area is 126 Å². The highest BCUT2D eigenvalue weighted by Gasteiger charge is 2.22. The first kappa shape index (κ1) is 19.4. The number of nitrogens with zero attached hydrogens (tertiary/aromatic N) is 3. The first-order chi connectivity index (χ1) is 9.52. The van der Waals surface area contributed by atoms with Gasteiger partial charge in [-0.25, -0.2) is 0 Å². The predicted octanol–water partition coefficient (Wildman–Crippen LogP) is 2.15. The number of rotatable bonds is 6. The molecule has 4 nitrogen and oxygen atoms in total. The number of hydrogen-bond acceptors (Lipinski definition) is 3. The van der Waals surface area contributed by atoms with E-state index in [-0.39, 0.29) is 5.91 Å². The number of likely N-dealkylation sites (tertiary alicyclic amines) is 1. The lowest BCUT2D eigenvalue weighted by atomic mass is 9.96. The third-order valence-electron chi connectivity index (χ3n) is 3.89. The zero-order valence-electron chi connectivity index (χ0n) is 14.5. The van der Waals surface area contributed by atoms with E-state index in [0.29, 0.717) is 0 Å². The molecule has 1 rings (SSSR count). The third-order valence-corrected chi connectivity index (χ3v) is 3.89. The molecule has 1 aliphatic heterocycles. The van der Waals surface area contributed by atoms with Crippen LogP contribution >= 0.6 is 0 Å². The summed E-state index contributed by atoms with van der Waals surface area (Å²) in [6.07, 6.45) is 2.33. The summed E-state index contributed by atoms with van der Waals surface area (Å²) in [5, 5.41) is 0. The topological polar surface area (TPSA) is 26.8 Å². The monoisotopic (exact) mass is 285 g/mol. The van der Waals surface area contributed by atoms with Gasteiger partial charge in [-0.1, -0.05) is 20.8 Å². The first-order valence-electron chi connectivity index (χ1n) is 8.15. The summed E-state index contributed by atoms with van der Waals surface area (Å²) in [4.78, 5) is 18.0. The summed E-state index contributed by atoms with van der Waals surface area (Å²) in [6, 6.07) is 0. The minimum atomic E-state index is 0.230. The van der Waals surface area contributed by atoms with Gasteiger partial charge in [-0.3, -0.25) is 4.79 Å². The van der Waals surface area contributed by atoms with Crippen LogP contribution in [0, 0.1) is 5.92 Å². The highest BCUT2D eigenvalue weighted by Crippen LogP contribution is 2.18. The van der Waals surface area contributed by atoms with Gasteiger partial charge in [0, 0.05) is 39.6 Å². The molecule has 0 aromatic carbocycles. The molecular weight excluding hydrogens is 250 g/mol. The van der Waals surface area contributed by atoms with Crippen LogP contribution < -0.4 is 0 Å². The molecule has 120 valence electrons. The Morgan fingerprint density at radius 3 is 2.10 bits per heavy atom. The molecule has 0 aliphatic carbocycles. The Bertz CT molecular complexity index is 248. The maximum absolute atomic E-state index is 11.3. The Hall–Kier alpha value is -0.610. The van der Waals surface area contributed by atoms with Gasteiger partial charge in [-0.15, -0.1) is 0 Å². The van der Waals surface area contributed by atoms with Gasteiger partial charge in [0.25, 0.3) is 0 Å². The second-order valence-corrected chi connectivity index (χ2v) is 5.65. The van der Waals surface area contributed by atoms with E-state index in [9.17, 15) is 4.79 Å². The molecule has 1 saturated heterocycles. The molecule has 0 aromatic rings. The fourth-order valence-corrected chi connectivity index (χ4v) is 2.52. The van der Waals surface area contributed by atoms with E-state index < -0.39 is 0 Å². The molecule has 0 saturated carbocycles. The summed E-state index contributed by atoms with van der Waals surface area (Å²) in [7, 11) is 4.25. The number of carbonyl (C=O) groups is 1. The zero-order valence-corrected chi connectivity index (χ0v) is 14.5. The number of carbonyl (C=O) groups excluding carboxylic acids is 1. The van der Waals surface area contributed by atoms with Crippen molar-refractivity contribution < 1.29 is 4.79 Å². The molecule has 1 amide bonds. The van der Waals surface area contributed by atoms with Crippen molar-refractivity contribution in [3.8, 4) is 0 Å². The molecule has 4 heteroatoms. The van der Waals surface area contributed by atoms with Crippen molar-refractivity contribution in [3.05, 3.63) is 0 Å². The third kappa shape index (κ3) is 7.85. The molecule has 0 N–H and O–H groups in total. The number of amides is 1. The molecular formula is C16H35N3O. The maximum atomic E-state index is 11.3. The van der Waals surface area contributed by atoms with Gasteiger partial charge < -0.3 is 14.7 Å². The lowest BCUT2D eigenvalue weighted by molar-refractivity contribution is -0.130. The number of likely N-dealkylation sites (N-methyl/N-ethyl adjacent to an activating group) is 2. The SMILES string of the molecule is CC.CCN(CCN(C)C)CC1CCN(C(C)=O)CC1. The van der Waals surface area contributed by atoms with Crippen LogP contribution in [0.1, 0.15) is 40.5 Å². The van der Waals surface area contributed by atoms with Crippen LogP contribution in [-0.2, 0) is 4.79 Å². The van der Waals surface area contributed by atoms with Crippen molar-refractivity contribution in [1.82, 2.24) is 14.7 Å². The van der Waals surface area contributed by atoms with Crippen LogP contribution in [0.15, 0.2) is 0 Å². The Morgan fingerprint density at radius 1 is 1.15 bits per heavy atom. The quantitative estimate of drug-likeness (QED) is 0.748. The van der Waals surface area contributed by atoms with Crippen molar-refractivity contribution in [2.45, 2.75) is 40.5 Å². The van der Waals surface area contributed by atoms with Gasteiger partial charge in [0.2, 0.25) is 5.91 Å². The standard InChI is InChI=1S/C14H29N3O.C2H6/c1-5-16(11-10-15(3)4)12-14-6-8-17(9-7-14)13(2)18;1-2/h14H,5-12H2,1-4H3;1-2H3. The minimum Gasteiger partial charge on any atom is -0.343 e. The first-order valence-corrected chi connectivity index (χ1v) is 8.15. The van der Waals surface area contributed by atoms with Crippen LogP contribution in [0.5, 0.6) is 0 Å². The molecule has 1 heterocycles. The van der Waals surface area contributed by atoms with Crippen LogP contribution in [0.4, 0.5) is 0 Å². The van der Waals surface area contributed by atoms with Gasteiger partial charge in [0.1, 0.15) is 0 Å². The predicted molar refractivity (Wildman–Crippen MR) is 87.0 cm³/mol. The van der Waals surface area contributed by atoms with E-state index in [1.165, 1.54) is 6.54 Å². The van der Waals surface area contributed by atoms with Crippen molar-refractivity contribution >= 4 is 5.91 Å². The fourth-order valence-electron chi connectivity index (χ4n) is 2.52. The smallest absolute Gasteiger partial charge is 0.219 e. The molecule has 0 spiro atoms. The van der Waals surface area contributed by atoms with Crippen LogP contribution in [0.2, 0.25) is 0 Å². The van der Waals surface area contributed by atoms with Gasteiger partial charge in [-0.2, -0.15) is 0 Å². The van der Waals surface area contributed by atoms with E-state index in [2.05, 4.69) is 30.8 Å². The number of hydrogen-bond donors (Lipinski definition) is 0. The number of piperidine rings is 1. The molecule has 0 atom stereocenters. The average molecular weight is 285 g/mol. The summed E-state index contributed by atoms with van der Waals surface area (Å²) < 4.78 is 0. The summed E-state index contributed by atoms with van der Waals surface area (Å²) in [6.45, 7) is 14.4. The molecule has 0 bridgehead atoms. The largest absolute Gasteiger partial charge is 0.343 e. The van der Waals surface area contributed by atoms with Crippen LogP contribution in [0.3, 0.4) is 0 Å². The van der Waals surface area contributed by atoms with Crippen LogP contribution in [-0.4, -0.2) is 74.0 Å². The summed E-state index contributed by atoms with van der Waals surface area (Å²) >= 11 is 0. The van der Waals surface area contributed by atoms with Gasteiger partial charge >= 0.3 is 0 Å². The second kappa shape index (κ2) is 11.1. The second-order valence-electron chi connectivity index (χ2n) is 5.65. The molecule has 20 heavy (non-hydrogen) atoms. The Morgan fingerprint density at radius 2 is 1.70 bits per heavy atom. The normalized spacial score (nSPS) is 16.3. The van der Waals surface area contributed by atoms with E-state index in [1.54, 1.807) is 6.92 Å². The molecule has 0 aromatic heterocycles. The minimum absolute atomic E-state index is 0.230. The van der Waals surface area contributed by atoms with E-state index in [1.807, 2.05) is 18.7 Å². The molecule has 0 unspecified atom stereocenters. The van der Waals surface area contributed by atoms with Crippen molar-refractivity contribution in [2.24, 2.45) is 5.92 Å². The van der Waals surface area contributed by atoms with E-state index in [4.69, 9.17) is 0 Å². The van der Waals surface area contributed by atoms with Gasteiger partial charge in [0.05, 0.1) is 0 Å². The molecule has 1 fully saturated rings. The average Bonchev–Trinajstić information content (AvgIpc) is 2.45. The summed E-state index contributed by atoms with van der Waals surface area (Å²) in [5.41, 5.74) is 0. The van der Waals surface area contributed by atoms with E-state index in [0.717, 1.165) is 51.5 Å². The Kier molecular flexibility index (Phi) is 10.8.